The summed E-state index contributed by atoms with van der Waals surface area (Å²) < 4.78 is 0. The highest BCUT2D eigenvalue weighted by atomic mass is 15.2. The molecule has 0 saturated heterocycles. The van der Waals surface area contributed by atoms with Crippen molar-refractivity contribution in [2.24, 2.45) is 5.84 Å². The molecule has 19 heavy (non-hydrogen) atoms. The van der Waals surface area contributed by atoms with Crippen molar-refractivity contribution in [2.45, 2.75) is 31.7 Å². The number of hydrogen-bond donors (Lipinski definition) is 2. The largest absolute Gasteiger partial charge is 0.271 e. The predicted octanol–water partition coefficient (Wildman–Crippen LogP) is 3.02. The molecular formula is C17H20N2. The lowest BCUT2D eigenvalue weighted by molar-refractivity contribution is 0.480. The summed E-state index contributed by atoms with van der Waals surface area (Å²) in [5.41, 5.74) is 4.24. The number of fused-ring (bicyclic) bond motifs is 1. The van der Waals surface area contributed by atoms with Crippen molar-refractivity contribution >= 4 is 10.8 Å². The molecule has 2 aromatic rings. The van der Waals surface area contributed by atoms with Crippen molar-refractivity contribution < 1.29 is 0 Å². The Balaban J connectivity index is 2.13. The average molecular weight is 252 g/mol. The van der Waals surface area contributed by atoms with Gasteiger partial charge in [-0.3, -0.25) is 11.3 Å². The van der Waals surface area contributed by atoms with Crippen LogP contribution in [-0.2, 0) is 6.42 Å². The van der Waals surface area contributed by atoms with Crippen molar-refractivity contribution in [1.29, 1.82) is 0 Å². The first-order chi connectivity index (χ1) is 9.35. The second kappa shape index (κ2) is 6.94. The molecule has 2 aromatic carbocycles. The van der Waals surface area contributed by atoms with Gasteiger partial charge in [0.2, 0.25) is 0 Å². The molecule has 0 aliphatic carbocycles. The number of rotatable bonds is 6. The van der Waals surface area contributed by atoms with Gasteiger partial charge in [-0.2, -0.15) is 0 Å². The van der Waals surface area contributed by atoms with Gasteiger partial charge in [-0.15, -0.1) is 12.3 Å². The molecule has 0 heterocycles. The molecule has 2 rings (SSSR count). The topological polar surface area (TPSA) is 38.0 Å². The van der Waals surface area contributed by atoms with Crippen molar-refractivity contribution in [3.8, 4) is 12.3 Å². The number of nitrogens with two attached hydrogens (primary N) is 1. The zero-order valence-electron chi connectivity index (χ0n) is 11.1. The molecule has 2 nitrogen and oxygen atoms in total. The number of benzene rings is 2. The first-order valence-electron chi connectivity index (χ1n) is 6.71. The smallest absolute Gasteiger partial charge is 0.0251 e. The Kier molecular flexibility index (Phi) is 4.97. The summed E-state index contributed by atoms with van der Waals surface area (Å²) in [5, 5.41) is 2.58. The number of hydrazine groups is 1. The van der Waals surface area contributed by atoms with Crippen LogP contribution in [0.5, 0.6) is 0 Å². The van der Waals surface area contributed by atoms with Gasteiger partial charge in [0.15, 0.2) is 0 Å². The van der Waals surface area contributed by atoms with E-state index in [4.69, 9.17) is 12.3 Å². The van der Waals surface area contributed by atoms with Crippen molar-refractivity contribution in [2.75, 3.05) is 0 Å². The SMILES string of the molecule is C#CCCCC(Cc1cccc2ccccc12)NN. The maximum atomic E-state index is 5.65. The third-order valence-corrected chi connectivity index (χ3v) is 3.46. The minimum Gasteiger partial charge on any atom is -0.271 e. The van der Waals surface area contributed by atoms with Gasteiger partial charge in [-0.25, -0.2) is 0 Å². The molecule has 3 N–H and O–H groups in total. The average Bonchev–Trinajstić information content (AvgIpc) is 2.46. The van der Waals surface area contributed by atoms with Crippen LogP contribution in [0.3, 0.4) is 0 Å². The maximum absolute atomic E-state index is 5.65. The van der Waals surface area contributed by atoms with E-state index in [2.05, 4.69) is 53.8 Å². The van der Waals surface area contributed by atoms with E-state index in [1.54, 1.807) is 0 Å². The maximum Gasteiger partial charge on any atom is 0.0251 e. The van der Waals surface area contributed by atoms with Gasteiger partial charge in [-0.05, 0) is 35.6 Å². The van der Waals surface area contributed by atoms with E-state index in [1.165, 1.54) is 16.3 Å². The molecule has 2 heteroatoms. The summed E-state index contributed by atoms with van der Waals surface area (Å²) in [6.45, 7) is 0. The van der Waals surface area contributed by atoms with Crippen LogP contribution >= 0.6 is 0 Å². The van der Waals surface area contributed by atoms with Crippen LogP contribution < -0.4 is 11.3 Å². The second-order valence-electron chi connectivity index (χ2n) is 4.80. The molecule has 1 atom stereocenters. The van der Waals surface area contributed by atoms with Crippen LogP contribution in [0.15, 0.2) is 42.5 Å². The normalized spacial score (nSPS) is 12.2. The van der Waals surface area contributed by atoms with Gasteiger partial charge in [-0.1, -0.05) is 42.5 Å². The second-order valence-corrected chi connectivity index (χ2v) is 4.80. The van der Waals surface area contributed by atoms with E-state index < -0.39 is 0 Å². The highest BCUT2D eigenvalue weighted by Gasteiger charge is 2.09. The van der Waals surface area contributed by atoms with Crippen LogP contribution in [-0.4, -0.2) is 6.04 Å². The Morgan fingerprint density at radius 2 is 1.95 bits per heavy atom. The van der Waals surface area contributed by atoms with Gasteiger partial charge in [0.25, 0.3) is 0 Å². The summed E-state index contributed by atoms with van der Waals surface area (Å²) >= 11 is 0. The lowest BCUT2D eigenvalue weighted by Crippen LogP contribution is -2.36. The summed E-state index contributed by atoms with van der Waals surface area (Å²) in [4.78, 5) is 0. The lowest BCUT2D eigenvalue weighted by Gasteiger charge is -2.16. The molecule has 0 bridgehead atoms. The highest BCUT2D eigenvalue weighted by molar-refractivity contribution is 5.85. The Morgan fingerprint density at radius 3 is 2.74 bits per heavy atom. The van der Waals surface area contributed by atoms with Gasteiger partial charge in [0.1, 0.15) is 0 Å². The molecule has 0 aliphatic rings. The Labute approximate surface area is 115 Å². The minimum absolute atomic E-state index is 0.277. The van der Waals surface area contributed by atoms with Gasteiger partial charge >= 0.3 is 0 Å². The number of hydrogen-bond acceptors (Lipinski definition) is 2. The van der Waals surface area contributed by atoms with E-state index >= 15 is 0 Å². The quantitative estimate of drug-likeness (QED) is 0.359. The fourth-order valence-corrected chi connectivity index (χ4v) is 2.43. The number of terminal acetylenes is 1. The molecule has 0 amide bonds. The fourth-order valence-electron chi connectivity index (χ4n) is 2.43. The first kappa shape index (κ1) is 13.6. The summed E-state index contributed by atoms with van der Waals surface area (Å²) in [7, 11) is 0. The Bertz CT molecular complexity index is 563. The molecule has 0 spiro atoms. The number of nitrogens with one attached hydrogen (secondary N) is 1. The summed E-state index contributed by atoms with van der Waals surface area (Å²) in [6.07, 6.45) is 9.04. The summed E-state index contributed by atoms with van der Waals surface area (Å²) in [6, 6.07) is 15.1. The first-order valence-corrected chi connectivity index (χ1v) is 6.71. The van der Waals surface area contributed by atoms with Gasteiger partial charge in [0, 0.05) is 12.5 Å². The van der Waals surface area contributed by atoms with Crippen LogP contribution in [0, 0.1) is 12.3 Å². The third kappa shape index (κ3) is 3.57. The lowest BCUT2D eigenvalue weighted by atomic mass is 9.96. The molecule has 1 unspecified atom stereocenters. The van der Waals surface area contributed by atoms with Crippen LogP contribution in [0.4, 0.5) is 0 Å². The van der Waals surface area contributed by atoms with Gasteiger partial charge < -0.3 is 0 Å². The van der Waals surface area contributed by atoms with Crippen LogP contribution in [0.25, 0.3) is 10.8 Å². The molecule has 0 aromatic heterocycles. The zero-order chi connectivity index (χ0) is 13.5. The number of unbranched alkanes of at least 4 members (excludes halogenated alkanes) is 1. The fraction of sp³-hybridized carbons (Fsp3) is 0.294. The van der Waals surface area contributed by atoms with Crippen molar-refractivity contribution in [3.63, 3.8) is 0 Å². The van der Waals surface area contributed by atoms with Gasteiger partial charge in [0.05, 0.1) is 0 Å². The third-order valence-electron chi connectivity index (χ3n) is 3.46. The zero-order valence-corrected chi connectivity index (χ0v) is 11.1. The van der Waals surface area contributed by atoms with Crippen LogP contribution in [0.1, 0.15) is 24.8 Å². The monoisotopic (exact) mass is 252 g/mol. The predicted molar refractivity (Wildman–Crippen MR) is 81.4 cm³/mol. The molecule has 0 radical (unpaired) electrons. The molecule has 0 saturated carbocycles. The molecule has 0 aliphatic heterocycles. The summed E-state index contributed by atoms with van der Waals surface area (Å²) in [5.74, 6) is 8.32. The van der Waals surface area contributed by atoms with Crippen molar-refractivity contribution in [3.05, 3.63) is 48.0 Å². The van der Waals surface area contributed by atoms with E-state index in [0.29, 0.717) is 0 Å². The van der Waals surface area contributed by atoms with E-state index in [9.17, 15) is 0 Å². The van der Waals surface area contributed by atoms with E-state index in [0.717, 1.165) is 25.7 Å². The molecular weight excluding hydrogens is 232 g/mol. The van der Waals surface area contributed by atoms with Crippen molar-refractivity contribution in [1.82, 2.24) is 5.43 Å². The van der Waals surface area contributed by atoms with Crippen LogP contribution in [0.2, 0.25) is 0 Å². The van der Waals surface area contributed by atoms with E-state index in [1.807, 2.05) is 0 Å². The van der Waals surface area contributed by atoms with E-state index in [-0.39, 0.29) is 6.04 Å². The molecule has 0 fully saturated rings. The molecule has 98 valence electrons. The Morgan fingerprint density at radius 1 is 1.16 bits per heavy atom. The minimum atomic E-state index is 0.277. The standard InChI is InChI=1S/C17H20N2/c1-2-3-4-11-16(19-18)13-15-10-7-9-14-8-5-6-12-17(14)15/h1,5-10,12,16,19H,3-4,11,13,18H2. The highest BCUT2D eigenvalue weighted by Crippen LogP contribution is 2.20. The Hall–Kier alpha value is -1.82.